The summed E-state index contributed by atoms with van der Waals surface area (Å²) in [5, 5.41) is 6.90. The SMILES string of the molecule is CN1CCNCC1CNc1cccc(Br)c1. The fraction of sp³-hybridized carbons (Fsp3) is 0.500. The Balaban J connectivity index is 1.86. The first-order valence-corrected chi connectivity index (χ1v) is 6.45. The fourth-order valence-corrected chi connectivity index (χ4v) is 2.32. The van der Waals surface area contributed by atoms with E-state index in [-0.39, 0.29) is 0 Å². The second-order valence-corrected chi connectivity index (χ2v) is 5.15. The predicted molar refractivity (Wildman–Crippen MR) is 71.9 cm³/mol. The van der Waals surface area contributed by atoms with Crippen molar-refractivity contribution >= 4 is 21.6 Å². The maximum absolute atomic E-state index is 3.48. The van der Waals surface area contributed by atoms with Crippen LogP contribution in [0.3, 0.4) is 0 Å². The van der Waals surface area contributed by atoms with Gasteiger partial charge in [-0.3, -0.25) is 4.90 Å². The molecular formula is C12H18BrN3. The lowest BCUT2D eigenvalue weighted by atomic mass is 10.2. The molecule has 1 atom stereocenters. The van der Waals surface area contributed by atoms with Crippen molar-refractivity contribution in [3.8, 4) is 0 Å². The van der Waals surface area contributed by atoms with Crippen LogP contribution in [0.1, 0.15) is 0 Å². The summed E-state index contributed by atoms with van der Waals surface area (Å²) in [6.07, 6.45) is 0. The lowest BCUT2D eigenvalue weighted by Gasteiger charge is -2.33. The van der Waals surface area contributed by atoms with Crippen LogP contribution in [0.4, 0.5) is 5.69 Å². The Hall–Kier alpha value is -0.580. The van der Waals surface area contributed by atoms with Crippen molar-refractivity contribution in [2.24, 2.45) is 0 Å². The van der Waals surface area contributed by atoms with Gasteiger partial charge in [0.1, 0.15) is 0 Å². The molecule has 0 amide bonds. The molecule has 4 heteroatoms. The average Bonchev–Trinajstić information content (AvgIpc) is 2.28. The van der Waals surface area contributed by atoms with E-state index in [1.54, 1.807) is 0 Å². The zero-order chi connectivity index (χ0) is 11.4. The first-order chi connectivity index (χ1) is 7.75. The third kappa shape index (κ3) is 3.20. The van der Waals surface area contributed by atoms with Crippen LogP contribution in [0.25, 0.3) is 0 Å². The van der Waals surface area contributed by atoms with Crippen molar-refractivity contribution in [3.63, 3.8) is 0 Å². The maximum Gasteiger partial charge on any atom is 0.0390 e. The quantitative estimate of drug-likeness (QED) is 0.885. The molecule has 1 aromatic carbocycles. The minimum atomic E-state index is 0.577. The van der Waals surface area contributed by atoms with Gasteiger partial charge in [0.2, 0.25) is 0 Å². The molecular weight excluding hydrogens is 266 g/mol. The molecule has 1 aromatic rings. The Kier molecular flexibility index (Phi) is 4.21. The van der Waals surface area contributed by atoms with Crippen LogP contribution in [-0.2, 0) is 0 Å². The number of hydrogen-bond acceptors (Lipinski definition) is 3. The third-order valence-corrected chi connectivity index (χ3v) is 3.50. The molecule has 0 spiro atoms. The van der Waals surface area contributed by atoms with Crippen LogP contribution in [0.2, 0.25) is 0 Å². The van der Waals surface area contributed by atoms with Gasteiger partial charge < -0.3 is 10.6 Å². The number of hydrogen-bond donors (Lipinski definition) is 2. The van der Waals surface area contributed by atoms with Crippen LogP contribution in [0.15, 0.2) is 28.7 Å². The Morgan fingerprint density at radius 2 is 2.44 bits per heavy atom. The molecule has 1 saturated heterocycles. The molecule has 1 aliphatic heterocycles. The Bertz CT molecular complexity index is 343. The summed E-state index contributed by atoms with van der Waals surface area (Å²) in [6, 6.07) is 8.87. The van der Waals surface area contributed by atoms with Crippen molar-refractivity contribution in [3.05, 3.63) is 28.7 Å². The lowest BCUT2D eigenvalue weighted by molar-refractivity contribution is 0.209. The summed E-state index contributed by atoms with van der Waals surface area (Å²) in [5.74, 6) is 0. The zero-order valence-electron chi connectivity index (χ0n) is 9.54. The van der Waals surface area contributed by atoms with Crippen molar-refractivity contribution in [1.82, 2.24) is 10.2 Å². The standard InChI is InChI=1S/C12H18BrN3/c1-16-6-5-14-8-12(16)9-15-11-4-2-3-10(13)7-11/h2-4,7,12,14-15H,5-6,8-9H2,1H3. The number of nitrogens with one attached hydrogen (secondary N) is 2. The minimum Gasteiger partial charge on any atom is -0.383 e. The maximum atomic E-state index is 3.48. The monoisotopic (exact) mass is 283 g/mol. The van der Waals surface area contributed by atoms with Gasteiger partial charge in [0, 0.05) is 42.4 Å². The lowest BCUT2D eigenvalue weighted by Crippen LogP contribution is -2.52. The minimum absolute atomic E-state index is 0.577. The molecule has 2 rings (SSSR count). The fourth-order valence-electron chi connectivity index (χ4n) is 1.92. The summed E-state index contributed by atoms with van der Waals surface area (Å²) < 4.78 is 1.12. The van der Waals surface area contributed by atoms with Gasteiger partial charge in [-0.1, -0.05) is 22.0 Å². The second-order valence-electron chi connectivity index (χ2n) is 4.23. The zero-order valence-corrected chi connectivity index (χ0v) is 11.1. The van der Waals surface area contributed by atoms with E-state index in [2.05, 4.69) is 56.7 Å². The highest BCUT2D eigenvalue weighted by Gasteiger charge is 2.17. The smallest absolute Gasteiger partial charge is 0.0390 e. The molecule has 3 nitrogen and oxygen atoms in total. The molecule has 16 heavy (non-hydrogen) atoms. The molecule has 0 radical (unpaired) electrons. The van der Waals surface area contributed by atoms with Crippen molar-refractivity contribution in [1.29, 1.82) is 0 Å². The van der Waals surface area contributed by atoms with Gasteiger partial charge in [-0.2, -0.15) is 0 Å². The van der Waals surface area contributed by atoms with E-state index in [0.717, 1.165) is 30.7 Å². The molecule has 1 heterocycles. The van der Waals surface area contributed by atoms with Gasteiger partial charge in [-0.15, -0.1) is 0 Å². The van der Waals surface area contributed by atoms with Gasteiger partial charge >= 0.3 is 0 Å². The number of rotatable bonds is 3. The highest BCUT2D eigenvalue weighted by atomic mass is 79.9. The first kappa shape index (κ1) is 11.9. The molecule has 0 bridgehead atoms. The van der Waals surface area contributed by atoms with Crippen LogP contribution in [-0.4, -0.2) is 44.2 Å². The summed E-state index contributed by atoms with van der Waals surface area (Å²) >= 11 is 3.48. The number of benzene rings is 1. The third-order valence-electron chi connectivity index (χ3n) is 3.01. The van der Waals surface area contributed by atoms with Crippen LogP contribution >= 0.6 is 15.9 Å². The number of nitrogens with zero attached hydrogens (tertiary/aromatic N) is 1. The normalized spacial score (nSPS) is 22.0. The van der Waals surface area contributed by atoms with Crippen LogP contribution in [0, 0.1) is 0 Å². The van der Waals surface area contributed by atoms with Crippen molar-refractivity contribution < 1.29 is 0 Å². The average molecular weight is 284 g/mol. The largest absolute Gasteiger partial charge is 0.383 e. The van der Waals surface area contributed by atoms with Crippen LogP contribution in [0.5, 0.6) is 0 Å². The summed E-state index contributed by atoms with van der Waals surface area (Å²) in [4.78, 5) is 2.40. The highest BCUT2D eigenvalue weighted by molar-refractivity contribution is 9.10. The molecule has 88 valence electrons. The molecule has 0 aliphatic carbocycles. The van der Waals surface area contributed by atoms with E-state index in [4.69, 9.17) is 0 Å². The van der Waals surface area contributed by atoms with Gasteiger partial charge in [0.05, 0.1) is 0 Å². The molecule has 0 saturated carbocycles. The van der Waals surface area contributed by atoms with Gasteiger partial charge in [-0.25, -0.2) is 0 Å². The van der Waals surface area contributed by atoms with Gasteiger partial charge in [-0.05, 0) is 25.2 Å². The number of anilines is 1. The molecule has 1 unspecified atom stereocenters. The van der Waals surface area contributed by atoms with E-state index < -0.39 is 0 Å². The summed E-state index contributed by atoms with van der Waals surface area (Å²) in [7, 11) is 2.19. The van der Waals surface area contributed by atoms with E-state index in [0.29, 0.717) is 6.04 Å². The number of likely N-dealkylation sites (N-methyl/N-ethyl adjacent to an activating group) is 1. The Morgan fingerprint density at radius 3 is 3.19 bits per heavy atom. The Labute approximate surface area is 105 Å². The molecule has 1 fully saturated rings. The number of piperazine rings is 1. The van der Waals surface area contributed by atoms with Gasteiger partial charge in [0.15, 0.2) is 0 Å². The van der Waals surface area contributed by atoms with Crippen LogP contribution < -0.4 is 10.6 Å². The second kappa shape index (κ2) is 5.66. The summed E-state index contributed by atoms with van der Waals surface area (Å²) in [6.45, 7) is 4.28. The van der Waals surface area contributed by atoms with Gasteiger partial charge in [0.25, 0.3) is 0 Å². The van der Waals surface area contributed by atoms with E-state index in [1.165, 1.54) is 5.69 Å². The summed E-state index contributed by atoms with van der Waals surface area (Å²) in [5.41, 5.74) is 1.17. The van der Waals surface area contributed by atoms with E-state index >= 15 is 0 Å². The van der Waals surface area contributed by atoms with E-state index in [9.17, 15) is 0 Å². The molecule has 2 N–H and O–H groups in total. The highest BCUT2D eigenvalue weighted by Crippen LogP contribution is 2.15. The predicted octanol–water partition coefficient (Wildman–Crippen LogP) is 1.76. The molecule has 0 aromatic heterocycles. The van der Waals surface area contributed by atoms with Crippen molar-refractivity contribution in [2.75, 3.05) is 38.5 Å². The molecule has 1 aliphatic rings. The first-order valence-electron chi connectivity index (χ1n) is 5.66. The topological polar surface area (TPSA) is 27.3 Å². The van der Waals surface area contributed by atoms with Crippen molar-refractivity contribution in [2.45, 2.75) is 6.04 Å². The Morgan fingerprint density at radius 1 is 1.56 bits per heavy atom. The van der Waals surface area contributed by atoms with E-state index in [1.807, 2.05) is 6.07 Å². The number of halogens is 1.